The molecule has 0 unspecified atom stereocenters. The zero-order valence-corrected chi connectivity index (χ0v) is 9.43. The van der Waals surface area contributed by atoms with E-state index in [-0.39, 0.29) is 11.9 Å². The van der Waals surface area contributed by atoms with Gasteiger partial charge in [-0.25, -0.2) is 4.39 Å². The topological polar surface area (TPSA) is 26.0 Å². The van der Waals surface area contributed by atoms with Crippen LogP contribution in [0.3, 0.4) is 0 Å². The zero-order chi connectivity index (χ0) is 10.1. The van der Waals surface area contributed by atoms with Crippen molar-refractivity contribution in [3.63, 3.8) is 0 Å². The van der Waals surface area contributed by atoms with Crippen molar-refractivity contribution < 1.29 is 4.39 Å². The number of halogens is 2. The maximum atomic E-state index is 13.6. The van der Waals surface area contributed by atoms with Gasteiger partial charge in [0.05, 0.1) is 4.47 Å². The summed E-state index contributed by atoms with van der Waals surface area (Å²) in [6.45, 7) is 0. The van der Waals surface area contributed by atoms with E-state index < -0.39 is 0 Å². The van der Waals surface area contributed by atoms with Gasteiger partial charge in [-0.15, -0.1) is 0 Å². The average molecular weight is 258 g/mol. The zero-order valence-electron chi connectivity index (χ0n) is 7.84. The van der Waals surface area contributed by atoms with Gasteiger partial charge in [-0.3, -0.25) is 0 Å². The molecule has 1 aromatic rings. The highest BCUT2D eigenvalue weighted by Crippen LogP contribution is 2.37. The van der Waals surface area contributed by atoms with E-state index in [0.29, 0.717) is 10.0 Å². The molecule has 0 amide bonds. The van der Waals surface area contributed by atoms with Crippen molar-refractivity contribution in [1.82, 2.24) is 0 Å². The van der Waals surface area contributed by atoms with Crippen molar-refractivity contribution in [2.24, 2.45) is 11.7 Å². The number of nitrogens with two attached hydrogens (primary N) is 1. The molecule has 0 radical (unpaired) electrons. The second-order valence-corrected chi connectivity index (χ2v) is 4.78. The predicted octanol–water partition coefficient (Wildman–Crippen LogP) is 3.39. The van der Waals surface area contributed by atoms with Crippen LogP contribution in [-0.4, -0.2) is 0 Å². The first-order valence-electron chi connectivity index (χ1n) is 4.88. The Hall–Kier alpha value is -0.410. The maximum absolute atomic E-state index is 13.6. The highest BCUT2D eigenvalue weighted by molar-refractivity contribution is 9.10. The molecule has 1 fully saturated rings. The lowest BCUT2D eigenvalue weighted by molar-refractivity contribution is 0.539. The van der Waals surface area contributed by atoms with Gasteiger partial charge in [-0.2, -0.15) is 0 Å². The molecule has 1 nitrogen and oxygen atoms in total. The second-order valence-electron chi connectivity index (χ2n) is 3.93. The monoisotopic (exact) mass is 257 g/mol. The molecule has 1 atom stereocenters. The molecule has 0 spiro atoms. The molecule has 0 aromatic heterocycles. The average Bonchev–Trinajstić information content (AvgIpc) is 2.93. The first-order chi connectivity index (χ1) is 6.68. The Morgan fingerprint density at radius 2 is 2.21 bits per heavy atom. The van der Waals surface area contributed by atoms with E-state index in [9.17, 15) is 4.39 Å². The molecule has 0 saturated heterocycles. The van der Waals surface area contributed by atoms with Crippen LogP contribution in [0.1, 0.15) is 30.9 Å². The first kappa shape index (κ1) is 10.1. The second kappa shape index (κ2) is 3.99. The molecular formula is C11H13BrFN. The van der Waals surface area contributed by atoms with Crippen molar-refractivity contribution in [3.05, 3.63) is 34.1 Å². The summed E-state index contributed by atoms with van der Waals surface area (Å²) in [7, 11) is 0. The van der Waals surface area contributed by atoms with Gasteiger partial charge in [0.25, 0.3) is 0 Å². The van der Waals surface area contributed by atoms with Crippen molar-refractivity contribution in [3.8, 4) is 0 Å². The quantitative estimate of drug-likeness (QED) is 0.883. The molecule has 14 heavy (non-hydrogen) atoms. The first-order valence-corrected chi connectivity index (χ1v) is 5.67. The summed E-state index contributed by atoms with van der Waals surface area (Å²) in [5.74, 6) is 0.518. The van der Waals surface area contributed by atoms with Gasteiger partial charge in [0.15, 0.2) is 0 Å². The molecule has 76 valence electrons. The van der Waals surface area contributed by atoms with E-state index in [1.165, 1.54) is 12.8 Å². The van der Waals surface area contributed by atoms with E-state index >= 15 is 0 Å². The van der Waals surface area contributed by atoms with Crippen molar-refractivity contribution in [2.45, 2.75) is 25.3 Å². The Bertz CT molecular complexity index is 336. The third-order valence-corrected chi connectivity index (χ3v) is 3.28. The van der Waals surface area contributed by atoms with E-state index in [4.69, 9.17) is 5.73 Å². The standard InChI is InChI=1S/C11H13BrFN/c12-9-3-1-2-8(11(9)13)10(14)6-7-4-5-7/h1-3,7,10H,4-6,14H2/t10-/m1/s1. The van der Waals surface area contributed by atoms with Gasteiger partial charge >= 0.3 is 0 Å². The lowest BCUT2D eigenvalue weighted by atomic mass is 10.0. The van der Waals surface area contributed by atoms with Gasteiger partial charge < -0.3 is 5.73 Å². The minimum absolute atomic E-state index is 0.153. The number of rotatable bonds is 3. The van der Waals surface area contributed by atoms with E-state index in [2.05, 4.69) is 15.9 Å². The summed E-state index contributed by atoms with van der Waals surface area (Å²) < 4.78 is 14.1. The Labute approximate surface area is 91.6 Å². The highest BCUT2D eigenvalue weighted by atomic mass is 79.9. The van der Waals surface area contributed by atoms with Crippen LogP contribution in [0.15, 0.2) is 22.7 Å². The number of benzene rings is 1. The van der Waals surface area contributed by atoms with E-state index in [1.54, 1.807) is 12.1 Å². The smallest absolute Gasteiger partial charge is 0.142 e. The van der Waals surface area contributed by atoms with Crippen LogP contribution in [-0.2, 0) is 0 Å². The fraction of sp³-hybridized carbons (Fsp3) is 0.455. The molecule has 0 bridgehead atoms. The Kier molecular flexibility index (Phi) is 2.88. The Balaban J connectivity index is 2.16. The summed E-state index contributed by atoms with van der Waals surface area (Å²) in [5, 5.41) is 0. The van der Waals surface area contributed by atoms with Crippen molar-refractivity contribution in [2.75, 3.05) is 0 Å². The van der Waals surface area contributed by atoms with Gasteiger partial charge in [-0.05, 0) is 34.3 Å². The van der Waals surface area contributed by atoms with Crippen LogP contribution in [0.5, 0.6) is 0 Å². The molecule has 3 heteroatoms. The maximum Gasteiger partial charge on any atom is 0.142 e. The molecule has 2 N–H and O–H groups in total. The van der Waals surface area contributed by atoms with Crippen LogP contribution in [0.2, 0.25) is 0 Å². The molecule has 1 aliphatic carbocycles. The molecule has 2 rings (SSSR count). The molecule has 0 aliphatic heterocycles. The fourth-order valence-electron chi connectivity index (χ4n) is 1.65. The largest absolute Gasteiger partial charge is 0.324 e. The summed E-state index contributed by atoms with van der Waals surface area (Å²) in [6.07, 6.45) is 3.42. The van der Waals surface area contributed by atoms with E-state index in [0.717, 1.165) is 12.3 Å². The third-order valence-electron chi connectivity index (χ3n) is 2.67. The van der Waals surface area contributed by atoms with Crippen LogP contribution >= 0.6 is 15.9 Å². The summed E-state index contributed by atoms with van der Waals surface area (Å²) in [5.41, 5.74) is 6.58. The predicted molar refractivity (Wildman–Crippen MR) is 58.4 cm³/mol. The third kappa shape index (κ3) is 2.15. The lowest BCUT2D eigenvalue weighted by Gasteiger charge is -2.12. The SMILES string of the molecule is N[C@H](CC1CC1)c1cccc(Br)c1F. The van der Waals surface area contributed by atoms with Crippen LogP contribution in [0.25, 0.3) is 0 Å². The minimum atomic E-state index is -0.208. The van der Waals surface area contributed by atoms with Crippen LogP contribution in [0, 0.1) is 11.7 Å². The number of hydrogen-bond donors (Lipinski definition) is 1. The Morgan fingerprint density at radius 1 is 1.50 bits per heavy atom. The van der Waals surface area contributed by atoms with Gasteiger partial charge in [0, 0.05) is 11.6 Å². The minimum Gasteiger partial charge on any atom is -0.324 e. The van der Waals surface area contributed by atoms with E-state index in [1.807, 2.05) is 6.07 Å². The molecule has 1 aromatic carbocycles. The Morgan fingerprint density at radius 3 is 2.86 bits per heavy atom. The fourth-order valence-corrected chi connectivity index (χ4v) is 2.03. The van der Waals surface area contributed by atoms with Crippen molar-refractivity contribution >= 4 is 15.9 Å². The molecule has 1 aliphatic rings. The van der Waals surface area contributed by atoms with Gasteiger partial charge in [0.2, 0.25) is 0 Å². The van der Waals surface area contributed by atoms with Gasteiger partial charge in [-0.1, -0.05) is 25.0 Å². The van der Waals surface area contributed by atoms with Gasteiger partial charge in [0.1, 0.15) is 5.82 Å². The molecule has 1 saturated carbocycles. The van der Waals surface area contributed by atoms with Crippen molar-refractivity contribution in [1.29, 1.82) is 0 Å². The highest BCUT2D eigenvalue weighted by Gasteiger charge is 2.25. The normalized spacial score (nSPS) is 18.2. The lowest BCUT2D eigenvalue weighted by Crippen LogP contribution is -2.13. The van der Waals surface area contributed by atoms with Crippen LogP contribution < -0.4 is 5.73 Å². The summed E-state index contributed by atoms with van der Waals surface area (Å²) in [4.78, 5) is 0. The molecule has 0 heterocycles. The summed E-state index contributed by atoms with van der Waals surface area (Å²) >= 11 is 3.17. The van der Waals surface area contributed by atoms with Crippen LogP contribution in [0.4, 0.5) is 4.39 Å². The number of hydrogen-bond acceptors (Lipinski definition) is 1. The summed E-state index contributed by atoms with van der Waals surface area (Å²) in [6, 6.07) is 5.14. The molecular weight excluding hydrogens is 245 g/mol.